The zero-order valence-electron chi connectivity index (χ0n) is 17.5. The van der Waals surface area contributed by atoms with Crippen LogP contribution < -0.4 is 10.6 Å². The van der Waals surface area contributed by atoms with Crippen LogP contribution in [0, 0.1) is 0 Å². The first-order valence-electron chi connectivity index (χ1n) is 11.1. The summed E-state index contributed by atoms with van der Waals surface area (Å²) in [7, 11) is -3.56. The lowest BCUT2D eigenvalue weighted by atomic mass is 10.0. The number of nitrogens with one attached hydrogen (secondary N) is 2. The zero-order valence-corrected chi connectivity index (χ0v) is 18.3. The summed E-state index contributed by atoms with van der Waals surface area (Å²) in [5.41, 5.74) is 0. The van der Waals surface area contributed by atoms with Crippen LogP contribution in [-0.2, 0) is 19.6 Å². The highest BCUT2D eigenvalue weighted by molar-refractivity contribution is 7.89. The van der Waals surface area contributed by atoms with Crippen LogP contribution in [0.2, 0.25) is 0 Å². The van der Waals surface area contributed by atoms with E-state index in [1.54, 1.807) is 34.6 Å². The van der Waals surface area contributed by atoms with Crippen LogP contribution in [0.5, 0.6) is 0 Å². The first-order chi connectivity index (χ1) is 14.5. The smallest absolute Gasteiger partial charge is 0.309 e. The fraction of sp³-hybridized carbons (Fsp3) is 0.636. The second-order valence-corrected chi connectivity index (χ2v) is 10.2. The van der Waals surface area contributed by atoms with Gasteiger partial charge in [0.25, 0.3) is 0 Å². The van der Waals surface area contributed by atoms with Gasteiger partial charge in [-0.05, 0) is 44.2 Å². The van der Waals surface area contributed by atoms with Gasteiger partial charge in [-0.2, -0.15) is 4.31 Å². The molecule has 8 heteroatoms. The minimum Gasteiger partial charge on any atom is -0.348 e. The first kappa shape index (κ1) is 22.7. The Kier molecular flexibility index (Phi) is 8.27. The molecule has 1 aliphatic carbocycles. The van der Waals surface area contributed by atoms with E-state index in [9.17, 15) is 18.0 Å². The molecule has 0 bridgehead atoms. The molecule has 0 radical (unpaired) electrons. The lowest BCUT2D eigenvalue weighted by Gasteiger charge is -2.34. The molecule has 2 N–H and O–H groups in total. The molecule has 3 rings (SSSR count). The van der Waals surface area contributed by atoms with Gasteiger partial charge in [0.1, 0.15) is 0 Å². The number of sulfonamides is 1. The van der Waals surface area contributed by atoms with Gasteiger partial charge >= 0.3 is 11.8 Å². The van der Waals surface area contributed by atoms with Crippen LogP contribution in [-0.4, -0.2) is 49.7 Å². The van der Waals surface area contributed by atoms with Gasteiger partial charge in [-0.15, -0.1) is 0 Å². The lowest BCUT2D eigenvalue weighted by molar-refractivity contribution is -0.139. The summed E-state index contributed by atoms with van der Waals surface area (Å²) >= 11 is 0. The summed E-state index contributed by atoms with van der Waals surface area (Å²) in [6.07, 6.45) is 9.43. The molecule has 1 heterocycles. The molecule has 1 aliphatic heterocycles. The monoisotopic (exact) mass is 435 g/mol. The Hall–Kier alpha value is -1.93. The van der Waals surface area contributed by atoms with Crippen molar-refractivity contribution in [1.82, 2.24) is 14.9 Å². The number of hydrogen-bond donors (Lipinski definition) is 2. The number of carbonyl (C=O) groups excluding carboxylic acids is 2. The molecule has 1 saturated heterocycles. The van der Waals surface area contributed by atoms with Crippen LogP contribution >= 0.6 is 0 Å². The van der Waals surface area contributed by atoms with Gasteiger partial charge in [0.05, 0.1) is 4.90 Å². The van der Waals surface area contributed by atoms with Gasteiger partial charge in [-0.1, -0.05) is 50.3 Å². The third-order valence-corrected chi connectivity index (χ3v) is 8.05. The molecule has 7 nitrogen and oxygen atoms in total. The highest BCUT2D eigenvalue weighted by atomic mass is 32.2. The normalized spacial score (nSPS) is 21.5. The predicted octanol–water partition coefficient (Wildman–Crippen LogP) is 2.58. The Bertz CT molecular complexity index is 805. The topological polar surface area (TPSA) is 95.6 Å². The number of amides is 2. The van der Waals surface area contributed by atoms with Crippen LogP contribution in [0.4, 0.5) is 0 Å². The highest BCUT2D eigenvalue weighted by Crippen LogP contribution is 2.26. The average molecular weight is 436 g/mol. The molecule has 0 spiro atoms. The minimum atomic E-state index is -3.56. The molecule has 166 valence electrons. The van der Waals surface area contributed by atoms with Crippen molar-refractivity contribution in [3.63, 3.8) is 0 Å². The van der Waals surface area contributed by atoms with Gasteiger partial charge in [-0.3, -0.25) is 9.59 Å². The minimum absolute atomic E-state index is 0.0793. The maximum Gasteiger partial charge on any atom is 0.309 e. The Labute approximate surface area is 179 Å². The number of benzene rings is 1. The quantitative estimate of drug-likeness (QED) is 0.530. The molecule has 1 aromatic rings. The molecule has 2 amide bonds. The number of hydrogen-bond acceptors (Lipinski definition) is 4. The van der Waals surface area contributed by atoms with E-state index in [2.05, 4.69) is 10.6 Å². The van der Waals surface area contributed by atoms with Gasteiger partial charge < -0.3 is 10.6 Å². The standard InChI is InChI=1S/C22H33N3O4S/c26-21(22(27)24-18-10-4-1-2-5-11-18)23-16-15-19-12-8-9-17-25(19)30(28,29)20-13-6-3-7-14-20/h3,6-7,13-14,18-19H,1-2,4-5,8-12,15-17H2,(H,23,26)(H,24,27)/t19-/m1/s1. The van der Waals surface area contributed by atoms with Gasteiger partial charge in [0.2, 0.25) is 10.0 Å². The maximum atomic E-state index is 13.0. The molecular formula is C22H33N3O4S. The fourth-order valence-electron chi connectivity index (χ4n) is 4.41. The van der Waals surface area contributed by atoms with E-state index in [-0.39, 0.29) is 18.6 Å². The van der Waals surface area contributed by atoms with Crippen molar-refractivity contribution < 1.29 is 18.0 Å². The van der Waals surface area contributed by atoms with Gasteiger partial charge in [-0.25, -0.2) is 8.42 Å². The van der Waals surface area contributed by atoms with Crippen LogP contribution in [0.3, 0.4) is 0 Å². The van der Waals surface area contributed by atoms with Crippen molar-refractivity contribution in [2.75, 3.05) is 13.1 Å². The van der Waals surface area contributed by atoms with Gasteiger partial charge in [0, 0.05) is 25.2 Å². The summed E-state index contributed by atoms with van der Waals surface area (Å²) in [6, 6.07) is 8.37. The molecule has 0 aromatic heterocycles. The van der Waals surface area contributed by atoms with Crippen molar-refractivity contribution in [2.45, 2.75) is 81.2 Å². The Balaban J connectivity index is 1.51. The number of rotatable bonds is 6. The van der Waals surface area contributed by atoms with Crippen molar-refractivity contribution in [2.24, 2.45) is 0 Å². The van der Waals surface area contributed by atoms with E-state index in [1.807, 2.05) is 0 Å². The average Bonchev–Trinajstić information content (AvgIpc) is 3.03. The molecule has 1 saturated carbocycles. The van der Waals surface area contributed by atoms with Crippen molar-refractivity contribution in [3.8, 4) is 0 Å². The molecule has 2 fully saturated rings. The maximum absolute atomic E-state index is 13.0. The van der Waals surface area contributed by atoms with Crippen molar-refractivity contribution >= 4 is 21.8 Å². The Morgan fingerprint density at radius 1 is 0.900 bits per heavy atom. The van der Waals surface area contributed by atoms with Crippen LogP contribution in [0.1, 0.15) is 64.2 Å². The van der Waals surface area contributed by atoms with Crippen molar-refractivity contribution in [1.29, 1.82) is 0 Å². The molecule has 0 unspecified atom stereocenters. The lowest BCUT2D eigenvalue weighted by Crippen LogP contribution is -2.47. The van der Waals surface area contributed by atoms with E-state index in [0.717, 1.165) is 44.9 Å². The third-order valence-electron chi connectivity index (χ3n) is 6.08. The highest BCUT2D eigenvalue weighted by Gasteiger charge is 2.33. The molecular weight excluding hydrogens is 402 g/mol. The van der Waals surface area contributed by atoms with E-state index >= 15 is 0 Å². The molecule has 30 heavy (non-hydrogen) atoms. The molecule has 2 aliphatic rings. The summed E-state index contributed by atoms with van der Waals surface area (Å²) in [6.45, 7) is 0.764. The molecule has 1 atom stereocenters. The largest absolute Gasteiger partial charge is 0.348 e. The second-order valence-electron chi connectivity index (χ2n) is 8.28. The summed E-state index contributed by atoms with van der Waals surface area (Å²) in [5.74, 6) is -1.22. The van der Waals surface area contributed by atoms with E-state index in [0.29, 0.717) is 17.9 Å². The Morgan fingerprint density at radius 3 is 2.27 bits per heavy atom. The van der Waals surface area contributed by atoms with Crippen LogP contribution in [0.15, 0.2) is 35.2 Å². The summed E-state index contributed by atoms with van der Waals surface area (Å²) in [5, 5.41) is 5.52. The van der Waals surface area contributed by atoms with Crippen LogP contribution in [0.25, 0.3) is 0 Å². The predicted molar refractivity (Wildman–Crippen MR) is 115 cm³/mol. The van der Waals surface area contributed by atoms with E-state index < -0.39 is 21.8 Å². The number of nitrogens with zero attached hydrogens (tertiary/aromatic N) is 1. The molecule has 1 aromatic carbocycles. The SMILES string of the molecule is O=C(NCC[C@H]1CCCCN1S(=O)(=O)c1ccccc1)C(=O)NC1CCCCCC1. The van der Waals surface area contributed by atoms with E-state index in [4.69, 9.17) is 0 Å². The first-order valence-corrected chi connectivity index (χ1v) is 12.6. The number of carbonyl (C=O) groups is 2. The zero-order chi connectivity index (χ0) is 21.4. The summed E-state index contributed by atoms with van der Waals surface area (Å²) < 4.78 is 27.6. The van der Waals surface area contributed by atoms with Gasteiger partial charge in [0.15, 0.2) is 0 Å². The second kappa shape index (κ2) is 10.9. The van der Waals surface area contributed by atoms with Crippen molar-refractivity contribution in [3.05, 3.63) is 30.3 Å². The Morgan fingerprint density at radius 2 is 1.57 bits per heavy atom. The third kappa shape index (κ3) is 6.04. The van der Waals surface area contributed by atoms with E-state index in [1.165, 1.54) is 12.8 Å². The number of piperidine rings is 1. The fourth-order valence-corrected chi connectivity index (χ4v) is 6.16. The summed E-state index contributed by atoms with van der Waals surface area (Å²) in [4.78, 5) is 24.7.